The number of amides is 1. The third kappa shape index (κ3) is 4.68. The third-order valence-corrected chi connectivity index (χ3v) is 3.63. The van der Waals surface area contributed by atoms with Crippen LogP contribution in [-0.4, -0.2) is 22.4 Å². The first-order valence-electron chi connectivity index (χ1n) is 6.28. The lowest BCUT2D eigenvalue weighted by Crippen LogP contribution is -2.21. The quantitative estimate of drug-likeness (QED) is 0.525. The number of carbonyl (C=O) groups is 1. The Hall–Kier alpha value is -2.21. The Morgan fingerprint density at radius 2 is 2.05 bits per heavy atom. The predicted molar refractivity (Wildman–Crippen MR) is 81.7 cm³/mol. The number of benzene rings is 1. The fourth-order valence-corrected chi connectivity index (χ4v) is 2.25. The summed E-state index contributed by atoms with van der Waals surface area (Å²) in [5.41, 5.74) is 3.74. The van der Waals surface area contributed by atoms with E-state index in [1.807, 2.05) is 6.07 Å². The van der Waals surface area contributed by atoms with Gasteiger partial charge in [0.15, 0.2) is 0 Å². The molecule has 0 saturated heterocycles. The van der Waals surface area contributed by atoms with Crippen LogP contribution >= 0.6 is 11.8 Å². The van der Waals surface area contributed by atoms with Gasteiger partial charge >= 0.3 is 0 Å². The molecule has 1 N–H and O–H groups in total. The van der Waals surface area contributed by atoms with Gasteiger partial charge in [-0.15, -0.1) is 11.8 Å². The van der Waals surface area contributed by atoms with Crippen molar-refractivity contribution in [3.05, 3.63) is 60.2 Å². The van der Waals surface area contributed by atoms with Crippen LogP contribution in [0.15, 0.2) is 58.7 Å². The smallest absolute Gasteiger partial charge is 0.250 e. The first kappa shape index (κ1) is 15.2. The molecule has 1 heterocycles. The maximum absolute atomic E-state index is 13.4. The zero-order valence-electron chi connectivity index (χ0n) is 11.4. The molecule has 0 aliphatic rings. The summed E-state index contributed by atoms with van der Waals surface area (Å²) in [6, 6.07) is 11.8. The molecule has 2 rings (SSSR count). The van der Waals surface area contributed by atoms with E-state index in [0.717, 1.165) is 11.8 Å². The van der Waals surface area contributed by atoms with E-state index in [2.05, 4.69) is 15.5 Å². The Bertz CT molecular complexity index is 646. The second kappa shape index (κ2) is 7.54. The summed E-state index contributed by atoms with van der Waals surface area (Å²) in [6.45, 7) is 1.76. The van der Waals surface area contributed by atoms with E-state index in [9.17, 15) is 9.18 Å². The number of aromatic nitrogens is 1. The number of nitrogens with one attached hydrogen (secondary N) is 1. The monoisotopic (exact) mass is 303 g/mol. The van der Waals surface area contributed by atoms with E-state index in [1.165, 1.54) is 6.07 Å². The number of hydrazone groups is 1. The number of rotatable bonds is 5. The van der Waals surface area contributed by atoms with Crippen LogP contribution in [-0.2, 0) is 4.79 Å². The molecule has 2 aromatic rings. The lowest BCUT2D eigenvalue weighted by Gasteiger charge is -2.03. The highest BCUT2D eigenvalue weighted by atomic mass is 32.2. The number of hydrogen-bond donors (Lipinski definition) is 1. The Morgan fingerprint density at radius 1 is 1.29 bits per heavy atom. The summed E-state index contributed by atoms with van der Waals surface area (Å²) in [6.07, 6.45) is 1.66. The van der Waals surface area contributed by atoms with Gasteiger partial charge in [0.1, 0.15) is 5.82 Å². The highest BCUT2D eigenvalue weighted by molar-refractivity contribution is 8.00. The van der Waals surface area contributed by atoms with Gasteiger partial charge in [-0.2, -0.15) is 5.10 Å². The van der Waals surface area contributed by atoms with E-state index >= 15 is 0 Å². The molecule has 1 aromatic carbocycles. The number of nitrogens with zero attached hydrogens (tertiary/aromatic N) is 2. The SMILES string of the molecule is C/C(=N\NC(=O)CSc1ccccc1F)c1ccccn1. The lowest BCUT2D eigenvalue weighted by atomic mass is 10.3. The molecule has 4 nitrogen and oxygen atoms in total. The topological polar surface area (TPSA) is 54.4 Å². The van der Waals surface area contributed by atoms with Crippen molar-refractivity contribution in [3.63, 3.8) is 0 Å². The minimum absolute atomic E-state index is 0.0972. The zero-order valence-corrected chi connectivity index (χ0v) is 12.2. The summed E-state index contributed by atoms with van der Waals surface area (Å²) >= 11 is 1.13. The van der Waals surface area contributed by atoms with E-state index in [0.29, 0.717) is 16.3 Å². The first-order chi connectivity index (χ1) is 10.2. The van der Waals surface area contributed by atoms with Crippen molar-refractivity contribution in [1.29, 1.82) is 0 Å². The Kier molecular flexibility index (Phi) is 5.45. The third-order valence-electron chi connectivity index (χ3n) is 2.58. The molecular formula is C15H14FN3OS. The number of carbonyl (C=O) groups excluding carboxylic acids is 1. The molecule has 0 aliphatic heterocycles. The van der Waals surface area contributed by atoms with Crippen molar-refractivity contribution in [3.8, 4) is 0 Å². The van der Waals surface area contributed by atoms with E-state index in [4.69, 9.17) is 0 Å². The molecule has 6 heteroatoms. The van der Waals surface area contributed by atoms with Crippen molar-refractivity contribution >= 4 is 23.4 Å². The second-order valence-electron chi connectivity index (χ2n) is 4.17. The number of halogens is 1. The molecular weight excluding hydrogens is 289 g/mol. The van der Waals surface area contributed by atoms with Crippen LogP contribution in [0.4, 0.5) is 4.39 Å². The van der Waals surface area contributed by atoms with Crippen LogP contribution < -0.4 is 5.43 Å². The molecule has 0 atom stereocenters. The van der Waals surface area contributed by atoms with Gasteiger partial charge in [0.05, 0.1) is 17.2 Å². The van der Waals surface area contributed by atoms with Crippen molar-refractivity contribution < 1.29 is 9.18 Å². The summed E-state index contributed by atoms with van der Waals surface area (Å²) in [5, 5.41) is 3.98. The number of pyridine rings is 1. The Balaban J connectivity index is 1.87. The molecule has 0 spiro atoms. The molecule has 1 aromatic heterocycles. The van der Waals surface area contributed by atoms with Crippen LogP contribution in [0.1, 0.15) is 12.6 Å². The first-order valence-corrected chi connectivity index (χ1v) is 7.27. The van der Waals surface area contributed by atoms with Gasteiger partial charge in [-0.05, 0) is 31.2 Å². The molecule has 0 bridgehead atoms. The fraction of sp³-hybridized carbons (Fsp3) is 0.133. The number of hydrogen-bond acceptors (Lipinski definition) is 4. The van der Waals surface area contributed by atoms with Crippen LogP contribution in [0.25, 0.3) is 0 Å². The minimum atomic E-state index is -0.330. The Morgan fingerprint density at radius 3 is 2.76 bits per heavy atom. The van der Waals surface area contributed by atoms with Crippen molar-refractivity contribution in [2.24, 2.45) is 5.10 Å². The molecule has 108 valence electrons. The second-order valence-corrected chi connectivity index (χ2v) is 5.18. The summed E-state index contributed by atoms with van der Waals surface area (Å²) in [4.78, 5) is 16.2. The van der Waals surface area contributed by atoms with E-state index in [1.54, 1.807) is 43.5 Å². The highest BCUT2D eigenvalue weighted by Crippen LogP contribution is 2.20. The van der Waals surface area contributed by atoms with Crippen LogP contribution in [0, 0.1) is 5.82 Å². The van der Waals surface area contributed by atoms with Gasteiger partial charge < -0.3 is 0 Å². The standard InChI is InChI=1S/C15H14FN3OS/c1-11(13-7-4-5-9-17-13)18-19-15(20)10-21-14-8-3-2-6-12(14)16/h2-9H,10H2,1H3,(H,19,20)/b18-11+. The van der Waals surface area contributed by atoms with Gasteiger partial charge in [0, 0.05) is 11.1 Å². The van der Waals surface area contributed by atoms with Crippen molar-refractivity contribution in [2.75, 3.05) is 5.75 Å². The van der Waals surface area contributed by atoms with E-state index < -0.39 is 0 Å². The van der Waals surface area contributed by atoms with Crippen molar-refractivity contribution in [2.45, 2.75) is 11.8 Å². The molecule has 0 aliphatic carbocycles. The van der Waals surface area contributed by atoms with Crippen molar-refractivity contribution in [1.82, 2.24) is 10.4 Å². The molecule has 21 heavy (non-hydrogen) atoms. The maximum Gasteiger partial charge on any atom is 0.250 e. The van der Waals surface area contributed by atoms with Gasteiger partial charge in [0.2, 0.25) is 5.91 Å². The van der Waals surface area contributed by atoms with Gasteiger partial charge in [-0.25, -0.2) is 9.82 Å². The predicted octanol–water partition coefficient (Wildman–Crippen LogP) is 2.85. The fourth-order valence-electron chi connectivity index (χ4n) is 1.52. The summed E-state index contributed by atoms with van der Waals surface area (Å²) in [7, 11) is 0. The van der Waals surface area contributed by atoms with Crippen LogP contribution in [0.5, 0.6) is 0 Å². The average molecular weight is 303 g/mol. The Labute approximate surface area is 126 Å². The maximum atomic E-state index is 13.4. The largest absolute Gasteiger partial charge is 0.272 e. The molecule has 0 radical (unpaired) electrons. The summed E-state index contributed by atoms with van der Waals surface area (Å²) in [5.74, 6) is -0.526. The molecule has 1 amide bonds. The van der Waals surface area contributed by atoms with Gasteiger partial charge in [-0.1, -0.05) is 18.2 Å². The summed E-state index contributed by atoms with van der Waals surface area (Å²) < 4.78 is 13.4. The van der Waals surface area contributed by atoms with E-state index in [-0.39, 0.29) is 17.5 Å². The normalized spacial score (nSPS) is 11.2. The molecule has 0 saturated carbocycles. The minimum Gasteiger partial charge on any atom is -0.272 e. The van der Waals surface area contributed by atoms with Crippen LogP contribution in [0.2, 0.25) is 0 Å². The van der Waals surface area contributed by atoms with Crippen LogP contribution in [0.3, 0.4) is 0 Å². The zero-order chi connectivity index (χ0) is 15.1. The molecule has 0 fully saturated rings. The average Bonchev–Trinajstić information content (AvgIpc) is 2.52. The van der Waals surface area contributed by atoms with Gasteiger partial charge in [0.25, 0.3) is 0 Å². The van der Waals surface area contributed by atoms with Gasteiger partial charge in [-0.3, -0.25) is 9.78 Å². The number of thioether (sulfide) groups is 1. The lowest BCUT2D eigenvalue weighted by molar-refractivity contribution is -0.118. The molecule has 0 unspecified atom stereocenters. The highest BCUT2D eigenvalue weighted by Gasteiger charge is 2.06.